The van der Waals surface area contributed by atoms with Gasteiger partial charge in [-0.05, 0) is 50.3 Å². The van der Waals surface area contributed by atoms with Crippen LogP contribution >= 0.6 is 0 Å². The number of amides is 3. The number of aliphatic hydroxyl groups excluding tert-OH is 1. The second-order valence-electron chi connectivity index (χ2n) is 7.91. The zero-order chi connectivity index (χ0) is 21.5. The third-order valence-electron chi connectivity index (χ3n) is 5.22. The Kier molecular flexibility index (Phi) is 7.43. The predicted octanol–water partition coefficient (Wildman–Crippen LogP) is 2.85. The van der Waals surface area contributed by atoms with E-state index in [-0.39, 0.29) is 17.9 Å². The Balaban J connectivity index is 1.55. The van der Waals surface area contributed by atoms with E-state index in [9.17, 15) is 14.7 Å². The van der Waals surface area contributed by atoms with Gasteiger partial charge in [-0.25, -0.2) is 4.79 Å². The third-order valence-corrected chi connectivity index (χ3v) is 5.22. The smallest absolute Gasteiger partial charge is 0.319 e. The minimum Gasteiger partial charge on any atom is -0.388 e. The molecule has 30 heavy (non-hydrogen) atoms. The van der Waals surface area contributed by atoms with Gasteiger partial charge in [0.15, 0.2) is 0 Å². The minimum atomic E-state index is -0.675. The number of urea groups is 1. The Hall–Kier alpha value is -2.90. The van der Waals surface area contributed by atoms with Crippen LogP contribution in [0.3, 0.4) is 0 Å². The molecule has 1 aliphatic heterocycles. The number of aliphatic hydroxyl groups is 1. The number of nitrogens with zero attached hydrogens (tertiary/aromatic N) is 2. The maximum absolute atomic E-state index is 12.4. The average molecular weight is 411 g/mol. The summed E-state index contributed by atoms with van der Waals surface area (Å²) in [7, 11) is 3.88. The summed E-state index contributed by atoms with van der Waals surface area (Å²) in [6.45, 7) is 1.71. The number of carbonyl (C=O) groups excluding carboxylic acids is 2. The largest absolute Gasteiger partial charge is 0.388 e. The number of carbonyl (C=O) groups is 2. The van der Waals surface area contributed by atoms with Crippen LogP contribution in [0.25, 0.3) is 0 Å². The van der Waals surface area contributed by atoms with Gasteiger partial charge in [0.2, 0.25) is 5.91 Å². The number of benzene rings is 2. The highest BCUT2D eigenvalue weighted by molar-refractivity contribution is 5.96. The molecule has 3 N–H and O–H groups in total. The van der Waals surface area contributed by atoms with Crippen molar-refractivity contribution in [1.29, 1.82) is 0 Å². The summed E-state index contributed by atoms with van der Waals surface area (Å²) in [5.74, 6) is -0.0194. The summed E-state index contributed by atoms with van der Waals surface area (Å²) < 4.78 is 0. The van der Waals surface area contributed by atoms with E-state index in [0.717, 1.165) is 24.2 Å². The summed E-state index contributed by atoms with van der Waals surface area (Å²) in [5, 5.41) is 16.4. The highest BCUT2D eigenvalue weighted by Crippen LogP contribution is 2.24. The van der Waals surface area contributed by atoms with Crippen molar-refractivity contribution in [2.75, 3.05) is 43.9 Å². The summed E-state index contributed by atoms with van der Waals surface area (Å²) in [5.41, 5.74) is 2.33. The monoisotopic (exact) mass is 410 g/mol. The second-order valence-corrected chi connectivity index (χ2v) is 7.91. The highest BCUT2D eigenvalue weighted by Gasteiger charge is 2.23. The Labute approximate surface area is 177 Å². The molecule has 2 atom stereocenters. The van der Waals surface area contributed by atoms with E-state index >= 15 is 0 Å². The summed E-state index contributed by atoms with van der Waals surface area (Å²) in [6.07, 6.45) is 0.793. The summed E-state index contributed by atoms with van der Waals surface area (Å²) >= 11 is 0. The van der Waals surface area contributed by atoms with Gasteiger partial charge in [-0.15, -0.1) is 0 Å². The van der Waals surface area contributed by atoms with Crippen LogP contribution in [0.4, 0.5) is 16.2 Å². The van der Waals surface area contributed by atoms with Gasteiger partial charge in [0.1, 0.15) is 0 Å². The van der Waals surface area contributed by atoms with Gasteiger partial charge in [0, 0.05) is 43.3 Å². The molecule has 160 valence electrons. The van der Waals surface area contributed by atoms with Gasteiger partial charge in [-0.2, -0.15) is 0 Å². The Morgan fingerprint density at radius 3 is 2.43 bits per heavy atom. The number of hydrogen-bond donors (Lipinski definition) is 3. The molecular formula is C23H30N4O3. The first-order valence-electron chi connectivity index (χ1n) is 10.3. The highest BCUT2D eigenvalue weighted by atomic mass is 16.3. The minimum absolute atomic E-state index is 0.136. The molecule has 7 heteroatoms. The van der Waals surface area contributed by atoms with E-state index in [2.05, 4.69) is 10.6 Å². The molecule has 1 heterocycles. The molecule has 3 amide bonds. The standard InChI is InChI=1S/C23H30N4O3/c1-26(2)16-18(22(29)17-7-4-3-5-8-17)15-24-23(30)25-19-10-12-20(13-11-19)27-14-6-9-21(27)28/h3-5,7-8,10-13,18,22,29H,6,9,14-16H2,1-2H3,(H2,24,25,30). The van der Waals surface area contributed by atoms with Crippen LogP contribution < -0.4 is 15.5 Å². The topological polar surface area (TPSA) is 84.9 Å². The third kappa shape index (κ3) is 5.81. The average Bonchev–Trinajstić information content (AvgIpc) is 3.17. The van der Waals surface area contributed by atoms with Crippen molar-refractivity contribution in [3.63, 3.8) is 0 Å². The first-order valence-corrected chi connectivity index (χ1v) is 10.3. The lowest BCUT2D eigenvalue weighted by atomic mass is 9.95. The Bertz CT molecular complexity index is 839. The van der Waals surface area contributed by atoms with E-state index in [0.29, 0.717) is 25.2 Å². The van der Waals surface area contributed by atoms with Gasteiger partial charge in [-0.1, -0.05) is 30.3 Å². The maximum Gasteiger partial charge on any atom is 0.319 e. The molecule has 0 aliphatic carbocycles. The molecule has 0 spiro atoms. The van der Waals surface area contributed by atoms with Gasteiger partial charge in [0.25, 0.3) is 0 Å². The zero-order valence-electron chi connectivity index (χ0n) is 17.5. The summed E-state index contributed by atoms with van der Waals surface area (Å²) in [6, 6.07) is 16.4. The fourth-order valence-corrected chi connectivity index (χ4v) is 3.71. The van der Waals surface area contributed by atoms with Crippen molar-refractivity contribution in [1.82, 2.24) is 10.2 Å². The summed E-state index contributed by atoms with van der Waals surface area (Å²) in [4.78, 5) is 28.0. The lowest BCUT2D eigenvalue weighted by Gasteiger charge is -2.26. The molecule has 2 aromatic rings. The number of nitrogens with one attached hydrogen (secondary N) is 2. The quantitative estimate of drug-likeness (QED) is 0.625. The van der Waals surface area contributed by atoms with Crippen molar-refractivity contribution in [2.24, 2.45) is 5.92 Å². The van der Waals surface area contributed by atoms with Crippen LogP contribution in [-0.4, -0.2) is 55.7 Å². The molecule has 0 saturated carbocycles. The first kappa shape index (κ1) is 21.8. The van der Waals surface area contributed by atoms with Gasteiger partial charge in [-0.3, -0.25) is 4.79 Å². The molecule has 2 aromatic carbocycles. The molecule has 1 fully saturated rings. The van der Waals surface area contributed by atoms with Gasteiger partial charge >= 0.3 is 6.03 Å². The maximum atomic E-state index is 12.4. The van der Waals surface area contributed by atoms with Gasteiger partial charge < -0.3 is 25.5 Å². The van der Waals surface area contributed by atoms with Crippen LogP contribution in [0.5, 0.6) is 0 Å². The predicted molar refractivity (Wildman–Crippen MR) is 118 cm³/mol. The Morgan fingerprint density at radius 1 is 1.13 bits per heavy atom. The number of anilines is 2. The van der Waals surface area contributed by atoms with Crippen molar-refractivity contribution >= 4 is 23.3 Å². The first-order chi connectivity index (χ1) is 14.4. The van der Waals surface area contributed by atoms with Crippen molar-refractivity contribution in [3.8, 4) is 0 Å². The molecule has 0 radical (unpaired) electrons. The zero-order valence-corrected chi connectivity index (χ0v) is 17.5. The number of hydrogen-bond acceptors (Lipinski definition) is 4. The lowest BCUT2D eigenvalue weighted by Crippen LogP contribution is -2.39. The van der Waals surface area contributed by atoms with Crippen LogP contribution in [0.15, 0.2) is 54.6 Å². The van der Waals surface area contributed by atoms with Crippen molar-refractivity contribution in [2.45, 2.75) is 18.9 Å². The molecule has 1 aliphatic rings. The second kappa shape index (κ2) is 10.2. The Morgan fingerprint density at radius 2 is 1.83 bits per heavy atom. The van der Waals surface area contributed by atoms with Crippen LogP contribution in [-0.2, 0) is 4.79 Å². The van der Waals surface area contributed by atoms with Crippen LogP contribution in [0, 0.1) is 5.92 Å². The normalized spacial score (nSPS) is 15.9. The van der Waals surface area contributed by atoms with Crippen LogP contribution in [0.2, 0.25) is 0 Å². The van der Waals surface area contributed by atoms with E-state index in [1.54, 1.807) is 17.0 Å². The molecule has 0 bridgehead atoms. The SMILES string of the molecule is CN(C)CC(CNC(=O)Nc1ccc(N2CCCC2=O)cc1)C(O)c1ccccc1. The van der Waals surface area contributed by atoms with Crippen molar-refractivity contribution in [3.05, 3.63) is 60.2 Å². The molecule has 3 rings (SSSR count). The molecule has 2 unspecified atom stereocenters. The van der Waals surface area contributed by atoms with E-state index in [1.807, 2.05) is 61.5 Å². The van der Waals surface area contributed by atoms with Crippen molar-refractivity contribution < 1.29 is 14.7 Å². The van der Waals surface area contributed by atoms with E-state index in [4.69, 9.17) is 0 Å². The van der Waals surface area contributed by atoms with E-state index in [1.165, 1.54) is 0 Å². The fourth-order valence-electron chi connectivity index (χ4n) is 3.71. The fraction of sp³-hybridized carbons (Fsp3) is 0.391. The number of rotatable bonds is 8. The lowest BCUT2D eigenvalue weighted by molar-refractivity contribution is -0.117. The molecular weight excluding hydrogens is 380 g/mol. The molecule has 1 saturated heterocycles. The van der Waals surface area contributed by atoms with E-state index < -0.39 is 6.10 Å². The van der Waals surface area contributed by atoms with Crippen LogP contribution in [0.1, 0.15) is 24.5 Å². The van der Waals surface area contributed by atoms with Gasteiger partial charge in [0.05, 0.1) is 6.10 Å². The molecule has 7 nitrogen and oxygen atoms in total. The molecule has 0 aromatic heterocycles.